The van der Waals surface area contributed by atoms with E-state index < -0.39 is 47.1 Å². The number of aryl methyl sites for hydroxylation is 2. The van der Waals surface area contributed by atoms with Crippen molar-refractivity contribution in [3.8, 4) is 0 Å². The number of hydrogen-bond donors (Lipinski definition) is 3. The van der Waals surface area contributed by atoms with E-state index in [2.05, 4.69) is 6.92 Å². The van der Waals surface area contributed by atoms with Gasteiger partial charge in [0.15, 0.2) is 17.5 Å². The highest BCUT2D eigenvalue weighted by atomic mass is 16.6. The molecular weight excluding hydrogens is 434 g/mol. The first-order valence-electron chi connectivity index (χ1n) is 12.0. The van der Waals surface area contributed by atoms with Gasteiger partial charge in [-0.15, -0.1) is 0 Å². The Morgan fingerprint density at radius 1 is 1.24 bits per heavy atom. The zero-order valence-electron chi connectivity index (χ0n) is 21.1. The number of hydrogen-bond acceptors (Lipinski definition) is 6. The van der Waals surface area contributed by atoms with Crippen LogP contribution in [-0.4, -0.2) is 56.1 Å². The van der Waals surface area contributed by atoms with Crippen LogP contribution in [0, 0.1) is 35.5 Å². The molecule has 1 aromatic rings. The van der Waals surface area contributed by atoms with E-state index in [0.29, 0.717) is 17.7 Å². The summed E-state index contributed by atoms with van der Waals surface area (Å²) >= 11 is 0. The van der Waals surface area contributed by atoms with E-state index >= 15 is 0 Å². The van der Waals surface area contributed by atoms with E-state index in [1.807, 2.05) is 20.8 Å². The molecule has 0 unspecified atom stereocenters. The molecule has 34 heavy (non-hydrogen) atoms. The predicted molar refractivity (Wildman–Crippen MR) is 127 cm³/mol. The average Bonchev–Trinajstić information content (AvgIpc) is 3.18. The number of carbonyl (C=O) groups excluding carboxylic acids is 2. The van der Waals surface area contributed by atoms with Gasteiger partial charge in [0.05, 0.1) is 12.0 Å². The SMILES string of the molecule is CC1=C[C@]23C(=O)[C@@H](C=C(CO)[C@@H](O)[C@]2(O)[C@H]1OC(=O)c1c(C)ccn1C)C(C)(C)[C@@H](C)C[C@H]3C. The van der Waals surface area contributed by atoms with Gasteiger partial charge in [-0.25, -0.2) is 4.79 Å². The molecule has 3 N–H and O–H groups in total. The van der Waals surface area contributed by atoms with Gasteiger partial charge in [-0.3, -0.25) is 4.79 Å². The summed E-state index contributed by atoms with van der Waals surface area (Å²) in [5.41, 5.74) is -2.32. The molecule has 1 fully saturated rings. The van der Waals surface area contributed by atoms with Crippen molar-refractivity contribution in [2.24, 2.45) is 35.6 Å². The van der Waals surface area contributed by atoms with E-state index in [1.54, 1.807) is 49.9 Å². The lowest BCUT2D eigenvalue weighted by Gasteiger charge is -2.48. The van der Waals surface area contributed by atoms with E-state index in [9.17, 15) is 24.9 Å². The van der Waals surface area contributed by atoms with Gasteiger partial charge in [-0.2, -0.15) is 0 Å². The zero-order chi connectivity index (χ0) is 25.4. The molecule has 1 saturated carbocycles. The summed E-state index contributed by atoms with van der Waals surface area (Å²) in [6, 6.07) is 1.79. The number of aliphatic hydroxyl groups excluding tert-OH is 2. The summed E-state index contributed by atoms with van der Waals surface area (Å²) in [5.74, 6) is -1.66. The van der Waals surface area contributed by atoms with E-state index in [1.165, 1.54) is 0 Å². The minimum atomic E-state index is -2.15. The number of carbonyl (C=O) groups is 2. The molecule has 0 aromatic carbocycles. The Balaban J connectivity index is 1.92. The van der Waals surface area contributed by atoms with Crippen molar-refractivity contribution >= 4 is 11.8 Å². The van der Waals surface area contributed by atoms with E-state index in [4.69, 9.17) is 4.74 Å². The zero-order valence-corrected chi connectivity index (χ0v) is 21.1. The van der Waals surface area contributed by atoms with Gasteiger partial charge in [0.1, 0.15) is 11.8 Å². The molecule has 186 valence electrons. The summed E-state index contributed by atoms with van der Waals surface area (Å²) in [4.78, 5) is 27.6. The van der Waals surface area contributed by atoms with Crippen molar-refractivity contribution in [2.45, 2.75) is 65.8 Å². The molecular formula is C27H37NO6. The van der Waals surface area contributed by atoms with Crippen molar-refractivity contribution in [3.63, 3.8) is 0 Å². The first-order chi connectivity index (χ1) is 15.7. The highest BCUT2D eigenvalue weighted by Gasteiger charge is 2.73. The van der Waals surface area contributed by atoms with Crippen LogP contribution >= 0.6 is 0 Å². The molecule has 0 saturated heterocycles. The molecule has 7 atom stereocenters. The van der Waals surface area contributed by atoms with Crippen LogP contribution in [0.25, 0.3) is 0 Å². The second-order valence-electron chi connectivity index (χ2n) is 11.3. The number of ether oxygens (including phenoxy) is 1. The minimum absolute atomic E-state index is 0.132. The van der Waals surface area contributed by atoms with Crippen LogP contribution in [0.1, 0.15) is 57.1 Å². The second kappa shape index (κ2) is 7.90. The standard InChI is InChI=1S/C27H37NO6/c1-14-8-9-28(7)20(14)24(32)34-23-15(2)12-26-17(4)10-16(3)25(5,6)19(22(26)31)11-18(13-29)21(30)27(23,26)33/h8-9,11-12,16-17,19,21,23,29-30,33H,10,13H2,1-7H3/t16-,17+,19+,21+,23-,26-,27-/m0/s1. The van der Waals surface area contributed by atoms with Crippen molar-refractivity contribution in [3.05, 3.63) is 46.8 Å². The fourth-order valence-corrected chi connectivity index (χ4v) is 6.78. The number of Topliss-reactive ketones (excluding diaryl/α,β-unsaturated/α-hetero) is 1. The van der Waals surface area contributed by atoms with Crippen LogP contribution < -0.4 is 0 Å². The van der Waals surface area contributed by atoms with Crippen molar-refractivity contribution in [1.82, 2.24) is 4.57 Å². The van der Waals surface area contributed by atoms with Crippen LogP contribution in [0.5, 0.6) is 0 Å². The van der Waals surface area contributed by atoms with Crippen LogP contribution in [0.3, 0.4) is 0 Å². The highest BCUT2D eigenvalue weighted by Crippen LogP contribution is 2.62. The average molecular weight is 472 g/mol. The summed E-state index contributed by atoms with van der Waals surface area (Å²) in [5, 5.41) is 34.2. The van der Waals surface area contributed by atoms with Gasteiger partial charge in [0.25, 0.3) is 0 Å². The molecule has 1 heterocycles. The van der Waals surface area contributed by atoms with E-state index in [-0.39, 0.29) is 23.2 Å². The minimum Gasteiger partial charge on any atom is -0.450 e. The monoisotopic (exact) mass is 471 g/mol. The molecule has 0 aliphatic heterocycles. The summed E-state index contributed by atoms with van der Waals surface area (Å²) in [7, 11) is 1.73. The third-order valence-electron chi connectivity index (χ3n) is 9.20. The number of fused-ring (bicyclic) bond motifs is 1. The van der Waals surface area contributed by atoms with Gasteiger partial charge in [-0.1, -0.05) is 39.8 Å². The highest BCUT2D eigenvalue weighted by molar-refractivity contribution is 5.96. The summed E-state index contributed by atoms with van der Waals surface area (Å²) < 4.78 is 7.57. The quantitative estimate of drug-likeness (QED) is 0.462. The first kappa shape index (κ1) is 24.9. The fourth-order valence-electron chi connectivity index (χ4n) is 6.78. The molecule has 1 aromatic heterocycles. The molecule has 0 amide bonds. The smallest absolute Gasteiger partial charge is 0.355 e. The molecule has 7 heteroatoms. The third-order valence-corrected chi connectivity index (χ3v) is 9.20. The Morgan fingerprint density at radius 2 is 1.88 bits per heavy atom. The molecule has 7 nitrogen and oxygen atoms in total. The van der Waals surface area contributed by atoms with Crippen molar-refractivity contribution < 1.29 is 29.6 Å². The Labute approximate surface area is 201 Å². The number of nitrogens with zero attached hydrogens (tertiary/aromatic N) is 1. The molecule has 3 aliphatic carbocycles. The summed E-state index contributed by atoms with van der Waals surface area (Å²) in [6.07, 6.45) is 2.93. The topological polar surface area (TPSA) is 109 Å². The molecule has 3 aliphatic rings. The van der Waals surface area contributed by atoms with Gasteiger partial charge in [-0.05, 0) is 60.3 Å². The Kier molecular flexibility index (Phi) is 5.78. The number of aromatic nitrogens is 1. The van der Waals surface area contributed by atoms with Gasteiger partial charge in [0, 0.05) is 19.2 Å². The Bertz CT molecular complexity index is 1080. The molecule has 0 radical (unpaired) electrons. The largest absolute Gasteiger partial charge is 0.450 e. The lowest BCUT2D eigenvalue weighted by atomic mass is 9.59. The number of esters is 1. The maximum Gasteiger partial charge on any atom is 0.355 e. The predicted octanol–water partition coefficient (Wildman–Crippen LogP) is 2.72. The fraction of sp³-hybridized carbons (Fsp3) is 0.630. The maximum absolute atomic E-state index is 14.4. The van der Waals surface area contributed by atoms with Crippen LogP contribution in [-0.2, 0) is 16.6 Å². The third kappa shape index (κ3) is 2.99. The molecule has 4 rings (SSSR count). The maximum atomic E-state index is 14.4. The van der Waals surface area contributed by atoms with Crippen molar-refractivity contribution in [2.75, 3.05) is 6.61 Å². The summed E-state index contributed by atoms with van der Waals surface area (Å²) in [6.45, 7) is 11.1. The molecule has 1 spiro atoms. The number of aliphatic hydroxyl groups is 3. The van der Waals surface area contributed by atoms with Crippen LogP contribution in [0.2, 0.25) is 0 Å². The lowest BCUT2D eigenvalue weighted by Crippen LogP contribution is -2.65. The van der Waals surface area contributed by atoms with Crippen molar-refractivity contribution in [1.29, 1.82) is 0 Å². The number of ketones is 1. The number of rotatable bonds is 3. The Morgan fingerprint density at radius 3 is 2.44 bits per heavy atom. The first-order valence-corrected chi connectivity index (χ1v) is 12.0. The van der Waals surface area contributed by atoms with Gasteiger partial charge < -0.3 is 24.6 Å². The molecule has 2 bridgehead atoms. The normalized spacial score (nSPS) is 39.0. The van der Waals surface area contributed by atoms with Gasteiger partial charge in [0.2, 0.25) is 0 Å². The van der Waals surface area contributed by atoms with Crippen LogP contribution in [0.15, 0.2) is 35.6 Å². The number of allylic oxidation sites excluding steroid dienone is 1. The second-order valence-corrected chi connectivity index (χ2v) is 11.3. The van der Waals surface area contributed by atoms with E-state index in [0.717, 1.165) is 5.56 Å². The lowest BCUT2D eigenvalue weighted by molar-refractivity contribution is -0.190. The van der Waals surface area contributed by atoms with Crippen LogP contribution in [0.4, 0.5) is 0 Å². The Hall–Kier alpha value is -2.22. The van der Waals surface area contributed by atoms with Gasteiger partial charge >= 0.3 is 5.97 Å².